The number of hydrogen-bond donors (Lipinski definition) is 1. The Morgan fingerprint density at radius 3 is 2.87 bits per heavy atom. The van der Waals surface area contributed by atoms with Crippen molar-refractivity contribution in [2.24, 2.45) is 5.92 Å². The number of fused-ring (bicyclic) bond motifs is 1. The molecule has 0 radical (unpaired) electrons. The number of pyridine rings is 1. The molecule has 4 heterocycles. The van der Waals surface area contributed by atoms with Gasteiger partial charge in [0, 0.05) is 61.9 Å². The number of nitrogens with zero attached hydrogens (tertiary/aromatic N) is 4. The summed E-state index contributed by atoms with van der Waals surface area (Å²) in [7, 11) is 0. The lowest BCUT2D eigenvalue weighted by Crippen LogP contribution is -2.36. The van der Waals surface area contributed by atoms with Gasteiger partial charge >= 0.3 is 0 Å². The molecular weight excluding hydrogens is 381 g/mol. The van der Waals surface area contributed by atoms with E-state index < -0.39 is 0 Å². The first-order valence-electron chi connectivity index (χ1n) is 10.4. The van der Waals surface area contributed by atoms with Gasteiger partial charge in [-0.15, -0.1) is 0 Å². The lowest BCUT2D eigenvalue weighted by molar-refractivity contribution is 0.161. The normalized spacial score (nSPS) is 18.9. The molecule has 0 aliphatic carbocycles. The van der Waals surface area contributed by atoms with Crippen LogP contribution in [0.2, 0.25) is 0 Å². The highest BCUT2D eigenvalue weighted by Crippen LogP contribution is 2.30. The summed E-state index contributed by atoms with van der Waals surface area (Å²) in [5.74, 6) is 1.71. The smallest absolute Gasteiger partial charge is 0.161 e. The van der Waals surface area contributed by atoms with Crippen molar-refractivity contribution in [3.05, 3.63) is 65.9 Å². The minimum atomic E-state index is -0.278. The van der Waals surface area contributed by atoms with E-state index >= 15 is 0 Å². The quantitative estimate of drug-likeness (QED) is 0.696. The van der Waals surface area contributed by atoms with Crippen molar-refractivity contribution in [3.8, 4) is 11.4 Å². The molecule has 154 valence electrons. The third-order valence-electron chi connectivity index (χ3n) is 5.71. The first kappa shape index (κ1) is 19.1. The Bertz CT molecular complexity index is 1020. The van der Waals surface area contributed by atoms with E-state index in [4.69, 9.17) is 14.7 Å². The Balaban J connectivity index is 1.49. The standard InChI is InChI=1S/C23H24FN5O/c24-18-2-1-3-19(12-18)26-23-20-14-29(13-16-7-11-30-15-16)10-6-21(20)27-22(28-23)17-4-8-25-9-5-17/h1-5,8-9,12,16H,6-7,10-11,13-15H2,(H,26,27,28)/t16-/m1/s1. The molecule has 1 atom stereocenters. The van der Waals surface area contributed by atoms with Crippen LogP contribution in [0, 0.1) is 11.7 Å². The zero-order valence-electron chi connectivity index (χ0n) is 16.7. The number of anilines is 2. The summed E-state index contributed by atoms with van der Waals surface area (Å²) in [6.45, 7) is 4.47. The molecule has 0 amide bonds. The Labute approximate surface area is 175 Å². The van der Waals surface area contributed by atoms with E-state index in [2.05, 4.69) is 15.2 Å². The molecule has 1 aromatic carbocycles. The lowest BCUT2D eigenvalue weighted by Gasteiger charge is -2.31. The lowest BCUT2D eigenvalue weighted by atomic mass is 10.0. The maximum atomic E-state index is 13.7. The number of benzene rings is 1. The van der Waals surface area contributed by atoms with Crippen molar-refractivity contribution in [2.75, 3.05) is 31.6 Å². The highest BCUT2D eigenvalue weighted by Gasteiger charge is 2.26. The summed E-state index contributed by atoms with van der Waals surface area (Å²) in [5, 5.41) is 3.34. The summed E-state index contributed by atoms with van der Waals surface area (Å²) < 4.78 is 19.3. The SMILES string of the molecule is Fc1cccc(Nc2nc(-c3ccncc3)nc3c2CN(C[C@H]2CCOC2)CC3)c1. The van der Waals surface area contributed by atoms with Gasteiger partial charge in [0.25, 0.3) is 0 Å². The summed E-state index contributed by atoms with van der Waals surface area (Å²) in [5.41, 5.74) is 3.73. The minimum Gasteiger partial charge on any atom is -0.381 e. The molecule has 2 aliphatic rings. The molecule has 1 fully saturated rings. The maximum absolute atomic E-state index is 13.7. The van der Waals surface area contributed by atoms with E-state index in [9.17, 15) is 4.39 Å². The van der Waals surface area contributed by atoms with E-state index in [-0.39, 0.29) is 5.82 Å². The van der Waals surface area contributed by atoms with Crippen LogP contribution in [0.25, 0.3) is 11.4 Å². The number of aromatic nitrogens is 3. The summed E-state index contributed by atoms with van der Waals surface area (Å²) in [6.07, 6.45) is 5.46. The van der Waals surface area contributed by atoms with Crippen LogP contribution in [-0.2, 0) is 17.7 Å². The van der Waals surface area contributed by atoms with Gasteiger partial charge in [0.05, 0.1) is 12.3 Å². The van der Waals surface area contributed by atoms with E-state index in [1.54, 1.807) is 18.5 Å². The second kappa shape index (κ2) is 8.45. The van der Waals surface area contributed by atoms with Gasteiger partial charge < -0.3 is 10.1 Å². The predicted molar refractivity (Wildman–Crippen MR) is 113 cm³/mol. The van der Waals surface area contributed by atoms with Gasteiger partial charge in [-0.25, -0.2) is 14.4 Å². The minimum absolute atomic E-state index is 0.278. The van der Waals surface area contributed by atoms with Crippen molar-refractivity contribution in [1.29, 1.82) is 0 Å². The zero-order valence-corrected chi connectivity index (χ0v) is 16.7. The Morgan fingerprint density at radius 2 is 2.07 bits per heavy atom. The largest absolute Gasteiger partial charge is 0.381 e. The molecule has 3 aromatic rings. The van der Waals surface area contributed by atoms with Crippen molar-refractivity contribution in [1.82, 2.24) is 19.9 Å². The molecule has 30 heavy (non-hydrogen) atoms. The number of rotatable bonds is 5. The fourth-order valence-electron chi connectivity index (χ4n) is 4.15. The number of hydrogen-bond acceptors (Lipinski definition) is 6. The highest BCUT2D eigenvalue weighted by molar-refractivity contribution is 5.65. The summed E-state index contributed by atoms with van der Waals surface area (Å²) in [4.78, 5) is 16.2. The molecule has 1 saturated heterocycles. The van der Waals surface area contributed by atoms with Crippen LogP contribution in [0.3, 0.4) is 0 Å². The Hall–Kier alpha value is -2.90. The van der Waals surface area contributed by atoms with Gasteiger partial charge in [0.1, 0.15) is 11.6 Å². The average Bonchev–Trinajstić information content (AvgIpc) is 3.28. The zero-order chi connectivity index (χ0) is 20.3. The molecule has 0 unspecified atom stereocenters. The van der Waals surface area contributed by atoms with Gasteiger partial charge in [0.2, 0.25) is 0 Å². The van der Waals surface area contributed by atoms with Crippen molar-refractivity contribution in [3.63, 3.8) is 0 Å². The average molecular weight is 405 g/mol. The molecule has 0 spiro atoms. The monoisotopic (exact) mass is 405 g/mol. The van der Waals surface area contributed by atoms with Crippen LogP contribution < -0.4 is 5.32 Å². The molecule has 0 saturated carbocycles. The third-order valence-corrected chi connectivity index (χ3v) is 5.71. The van der Waals surface area contributed by atoms with Gasteiger partial charge in [-0.2, -0.15) is 0 Å². The summed E-state index contributed by atoms with van der Waals surface area (Å²) in [6, 6.07) is 10.3. The number of ether oxygens (including phenoxy) is 1. The van der Waals surface area contributed by atoms with Crippen LogP contribution >= 0.6 is 0 Å². The van der Waals surface area contributed by atoms with E-state index in [1.807, 2.05) is 18.2 Å². The third kappa shape index (κ3) is 4.17. The Kier molecular flexibility index (Phi) is 5.38. The second-order valence-electron chi connectivity index (χ2n) is 7.91. The molecule has 5 rings (SSSR count). The van der Waals surface area contributed by atoms with Gasteiger partial charge in [0.15, 0.2) is 5.82 Å². The topological polar surface area (TPSA) is 63.2 Å². The molecular formula is C23H24FN5O. The van der Waals surface area contributed by atoms with Gasteiger partial charge in [-0.05, 0) is 42.7 Å². The number of halogens is 1. The van der Waals surface area contributed by atoms with Crippen molar-refractivity contribution >= 4 is 11.5 Å². The fourth-order valence-corrected chi connectivity index (χ4v) is 4.15. The van der Waals surface area contributed by atoms with Crippen LogP contribution in [-0.4, -0.2) is 46.2 Å². The molecule has 7 heteroatoms. The summed E-state index contributed by atoms with van der Waals surface area (Å²) >= 11 is 0. The highest BCUT2D eigenvalue weighted by atomic mass is 19.1. The molecule has 0 bridgehead atoms. The van der Waals surface area contributed by atoms with Crippen molar-refractivity contribution < 1.29 is 9.13 Å². The van der Waals surface area contributed by atoms with Gasteiger partial charge in [-0.1, -0.05) is 6.07 Å². The van der Waals surface area contributed by atoms with Crippen LogP contribution in [0.5, 0.6) is 0 Å². The van der Waals surface area contributed by atoms with Crippen molar-refractivity contribution in [2.45, 2.75) is 19.4 Å². The first-order chi connectivity index (χ1) is 14.7. The van der Waals surface area contributed by atoms with E-state index in [0.29, 0.717) is 17.4 Å². The predicted octanol–water partition coefficient (Wildman–Crippen LogP) is 3.82. The fraction of sp³-hybridized carbons (Fsp3) is 0.348. The maximum Gasteiger partial charge on any atom is 0.161 e. The van der Waals surface area contributed by atoms with Crippen LogP contribution in [0.4, 0.5) is 15.9 Å². The van der Waals surface area contributed by atoms with Crippen LogP contribution in [0.15, 0.2) is 48.8 Å². The van der Waals surface area contributed by atoms with E-state index in [1.165, 1.54) is 12.1 Å². The van der Waals surface area contributed by atoms with Crippen LogP contribution in [0.1, 0.15) is 17.7 Å². The second-order valence-corrected chi connectivity index (χ2v) is 7.91. The molecule has 6 nitrogen and oxygen atoms in total. The molecule has 2 aliphatic heterocycles. The van der Waals surface area contributed by atoms with Gasteiger partial charge in [-0.3, -0.25) is 9.88 Å². The Morgan fingerprint density at radius 1 is 1.17 bits per heavy atom. The number of nitrogens with one attached hydrogen (secondary N) is 1. The molecule has 2 aromatic heterocycles. The first-order valence-corrected chi connectivity index (χ1v) is 10.4. The molecule has 1 N–H and O–H groups in total. The van der Waals surface area contributed by atoms with E-state index in [0.717, 1.165) is 68.3 Å².